The van der Waals surface area contributed by atoms with Crippen molar-refractivity contribution in [3.8, 4) is 17.6 Å². The zero-order valence-corrected chi connectivity index (χ0v) is 22.5. The molecular formula is C26H25F3N6O5S. The van der Waals surface area contributed by atoms with Crippen LogP contribution < -0.4 is 15.4 Å². The maximum absolute atomic E-state index is 13.3. The Hall–Kier alpha value is -4.00. The van der Waals surface area contributed by atoms with Crippen molar-refractivity contribution < 1.29 is 36.2 Å². The summed E-state index contributed by atoms with van der Waals surface area (Å²) in [6, 6.07) is 9.61. The molecule has 3 aromatic rings. The number of aliphatic hydroxyl groups excluding tert-OH is 1. The van der Waals surface area contributed by atoms with Gasteiger partial charge in [0.2, 0.25) is 0 Å². The number of halogens is 3. The smallest absolute Gasteiger partial charge is 0.422 e. The maximum Gasteiger partial charge on any atom is 0.422 e. The fraction of sp³-hybridized carbons (Fsp3) is 0.385. The molecular weight excluding hydrogens is 565 g/mol. The van der Waals surface area contributed by atoms with E-state index in [0.717, 1.165) is 17.4 Å². The standard InChI is InChI=1S/C26H25F3N6O5S/c1-41(38,39)9-8-31-24(37)22-21-19(34-35(22)20-5-2-15(12-30)13-32-20)11-25(33-23(21)36)7-6-16-10-17(3-4-18(16)25)40-14-26(27,28)29/h2-5,10,13,23,33,36H,6-9,11,14H2,1H3,(H,31,37)/t23?,25-/m0/s1. The SMILES string of the molecule is CS(=O)(=O)CCNC(=O)c1c2c(nn1-c1ccc(C#N)cn1)C[C@]1(CCc3cc(OCC(F)(F)F)ccc31)NC2O. The van der Waals surface area contributed by atoms with Gasteiger partial charge in [-0.3, -0.25) is 10.1 Å². The number of pyridine rings is 1. The van der Waals surface area contributed by atoms with Crippen molar-refractivity contribution in [3.05, 3.63) is 70.2 Å². The van der Waals surface area contributed by atoms with Gasteiger partial charge in [-0.1, -0.05) is 6.07 Å². The van der Waals surface area contributed by atoms with Crippen molar-refractivity contribution in [3.63, 3.8) is 0 Å². The van der Waals surface area contributed by atoms with E-state index in [9.17, 15) is 31.5 Å². The Kier molecular flexibility index (Phi) is 7.26. The molecule has 3 N–H and O–H groups in total. The van der Waals surface area contributed by atoms with Crippen LogP contribution in [-0.2, 0) is 28.2 Å². The van der Waals surface area contributed by atoms with Gasteiger partial charge in [-0.05, 0) is 48.2 Å². The van der Waals surface area contributed by atoms with E-state index < -0.39 is 40.3 Å². The van der Waals surface area contributed by atoms with Crippen LogP contribution in [0.3, 0.4) is 0 Å². The summed E-state index contributed by atoms with van der Waals surface area (Å²) >= 11 is 0. The third-order valence-electron chi connectivity index (χ3n) is 7.04. The van der Waals surface area contributed by atoms with Crippen molar-refractivity contribution in [1.82, 2.24) is 25.4 Å². The zero-order valence-electron chi connectivity index (χ0n) is 21.7. The summed E-state index contributed by atoms with van der Waals surface area (Å²) in [6.45, 7) is -1.58. The fourth-order valence-corrected chi connectivity index (χ4v) is 5.75. The molecule has 2 aliphatic rings. The third-order valence-corrected chi connectivity index (χ3v) is 7.98. The molecule has 3 heterocycles. The number of aliphatic hydroxyl groups is 1. The first-order chi connectivity index (χ1) is 19.3. The molecule has 5 rings (SSSR count). The largest absolute Gasteiger partial charge is 0.484 e. The van der Waals surface area contributed by atoms with Gasteiger partial charge in [0.1, 0.15) is 33.6 Å². The first-order valence-electron chi connectivity index (χ1n) is 12.5. The van der Waals surface area contributed by atoms with Gasteiger partial charge in [-0.2, -0.15) is 23.5 Å². The van der Waals surface area contributed by atoms with Crippen LogP contribution in [0.4, 0.5) is 13.2 Å². The first kappa shape index (κ1) is 28.5. The van der Waals surface area contributed by atoms with E-state index in [2.05, 4.69) is 20.7 Å². The molecule has 1 aromatic carbocycles. The zero-order chi connectivity index (χ0) is 29.6. The van der Waals surface area contributed by atoms with Crippen LogP contribution in [0.25, 0.3) is 5.82 Å². The molecule has 216 valence electrons. The number of sulfone groups is 1. The van der Waals surface area contributed by atoms with Crippen LogP contribution in [0.5, 0.6) is 5.75 Å². The van der Waals surface area contributed by atoms with E-state index in [4.69, 9.17) is 10.00 Å². The van der Waals surface area contributed by atoms with Crippen LogP contribution in [0.1, 0.15) is 51.1 Å². The minimum Gasteiger partial charge on any atom is -0.484 e. The van der Waals surface area contributed by atoms with Crippen LogP contribution in [-0.4, -0.2) is 65.5 Å². The van der Waals surface area contributed by atoms with Crippen molar-refractivity contribution >= 4 is 15.7 Å². The van der Waals surface area contributed by atoms with E-state index in [1.54, 1.807) is 12.1 Å². The molecule has 0 bridgehead atoms. The molecule has 2 aromatic heterocycles. The van der Waals surface area contributed by atoms with Crippen LogP contribution in [0, 0.1) is 11.3 Å². The van der Waals surface area contributed by atoms with Crippen LogP contribution >= 0.6 is 0 Å². The number of hydrogen-bond acceptors (Lipinski definition) is 9. The van der Waals surface area contributed by atoms with E-state index in [0.29, 0.717) is 18.5 Å². The Bertz CT molecular complexity index is 1650. The number of benzene rings is 1. The fourth-order valence-electron chi connectivity index (χ4n) is 5.27. The van der Waals surface area contributed by atoms with E-state index >= 15 is 0 Å². The quantitative estimate of drug-likeness (QED) is 0.373. The van der Waals surface area contributed by atoms with Crippen molar-refractivity contribution in [2.75, 3.05) is 25.2 Å². The maximum atomic E-state index is 13.3. The minimum absolute atomic E-state index is 0.0466. The average molecular weight is 591 g/mol. The Morgan fingerprint density at radius 1 is 1.34 bits per heavy atom. The first-order valence-corrected chi connectivity index (χ1v) is 14.6. The Labute approximate surface area is 232 Å². The van der Waals surface area contributed by atoms with Gasteiger partial charge in [0.15, 0.2) is 12.4 Å². The number of fused-ring (bicyclic) bond motifs is 3. The van der Waals surface area contributed by atoms with Gasteiger partial charge in [-0.15, -0.1) is 0 Å². The number of nitriles is 1. The van der Waals surface area contributed by atoms with Gasteiger partial charge >= 0.3 is 6.18 Å². The molecule has 0 saturated carbocycles. The summed E-state index contributed by atoms with van der Waals surface area (Å²) in [7, 11) is -3.35. The predicted molar refractivity (Wildman–Crippen MR) is 138 cm³/mol. The molecule has 41 heavy (non-hydrogen) atoms. The molecule has 11 nitrogen and oxygen atoms in total. The number of carbonyl (C=O) groups is 1. The predicted octanol–water partition coefficient (Wildman–Crippen LogP) is 1.83. The lowest BCUT2D eigenvalue weighted by Gasteiger charge is -2.38. The molecule has 0 radical (unpaired) electrons. The van der Waals surface area contributed by atoms with Gasteiger partial charge < -0.3 is 15.2 Å². The number of aryl methyl sites for hydroxylation is 1. The second kappa shape index (κ2) is 10.4. The second-order valence-corrected chi connectivity index (χ2v) is 12.3. The highest BCUT2D eigenvalue weighted by atomic mass is 32.2. The summed E-state index contributed by atoms with van der Waals surface area (Å²) < 4.78 is 67.1. The molecule has 1 amide bonds. The highest BCUT2D eigenvalue weighted by Crippen LogP contribution is 2.46. The molecule has 0 fully saturated rings. The Morgan fingerprint density at radius 3 is 2.78 bits per heavy atom. The number of nitrogens with zero attached hydrogens (tertiary/aromatic N) is 4. The van der Waals surface area contributed by atoms with E-state index in [1.807, 2.05) is 6.07 Å². The van der Waals surface area contributed by atoms with Crippen molar-refractivity contribution in [2.45, 2.75) is 37.2 Å². The monoisotopic (exact) mass is 590 g/mol. The highest BCUT2D eigenvalue weighted by Gasteiger charge is 2.47. The molecule has 1 unspecified atom stereocenters. The number of hydrogen-bond donors (Lipinski definition) is 3. The van der Waals surface area contributed by atoms with Gasteiger partial charge in [0, 0.05) is 25.4 Å². The summed E-state index contributed by atoms with van der Waals surface area (Å²) in [5.41, 5.74) is 1.54. The lowest BCUT2D eigenvalue weighted by atomic mass is 9.82. The average Bonchev–Trinajstić information content (AvgIpc) is 3.45. The number of nitrogens with one attached hydrogen (secondary N) is 2. The Balaban J connectivity index is 1.51. The lowest BCUT2D eigenvalue weighted by Crippen LogP contribution is -2.48. The number of carbonyl (C=O) groups excluding carboxylic acids is 1. The molecule has 1 aliphatic heterocycles. The summed E-state index contributed by atoms with van der Waals surface area (Å²) in [5, 5.41) is 30.8. The van der Waals surface area contributed by atoms with Gasteiger partial charge in [0.25, 0.3) is 5.91 Å². The number of ether oxygens (including phenoxy) is 1. The van der Waals surface area contributed by atoms with Crippen LogP contribution in [0.2, 0.25) is 0 Å². The number of alkyl halides is 3. The highest BCUT2D eigenvalue weighted by molar-refractivity contribution is 7.90. The number of amides is 1. The topological polar surface area (TPSA) is 159 Å². The third kappa shape index (κ3) is 5.90. The van der Waals surface area contributed by atoms with Crippen LogP contribution in [0.15, 0.2) is 36.5 Å². The summed E-state index contributed by atoms with van der Waals surface area (Å²) in [4.78, 5) is 17.6. The molecule has 15 heteroatoms. The number of rotatable bonds is 7. The van der Waals surface area contributed by atoms with Crippen molar-refractivity contribution in [2.24, 2.45) is 0 Å². The minimum atomic E-state index is -4.47. The van der Waals surface area contributed by atoms with Gasteiger partial charge in [-0.25, -0.2) is 18.1 Å². The Morgan fingerprint density at radius 2 is 2.12 bits per heavy atom. The molecule has 1 aliphatic carbocycles. The second-order valence-electron chi connectivity index (χ2n) is 10.1. The number of aromatic nitrogens is 3. The molecule has 0 saturated heterocycles. The molecule has 1 spiro atoms. The van der Waals surface area contributed by atoms with E-state index in [-0.39, 0.29) is 47.1 Å². The lowest BCUT2D eigenvalue weighted by molar-refractivity contribution is -0.153. The van der Waals surface area contributed by atoms with E-state index in [1.165, 1.54) is 29.1 Å². The summed E-state index contributed by atoms with van der Waals surface area (Å²) in [5.74, 6) is -0.686. The molecule has 2 atom stereocenters. The normalized spacial score (nSPS) is 19.9. The van der Waals surface area contributed by atoms with Crippen molar-refractivity contribution in [1.29, 1.82) is 5.26 Å². The van der Waals surface area contributed by atoms with Gasteiger partial charge in [0.05, 0.1) is 28.1 Å². The summed E-state index contributed by atoms with van der Waals surface area (Å²) in [6.07, 6.45) is -2.24.